The molecule has 0 saturated carbocycles. The first kappa shape index (κ1) is 7.94. The number of aromatic nitrogens is 2. The number of carbonyl (C=O) groups is 1. The van der Waals surface area contributed by atoms with Crippen LogP contribution < -0.4 is 5.73 Å². The van der Waals surface area contributed by atoms with Crippen LogP contribution in [0.3, 0.4) is 0 Å². The molecule has 0 aliphatic rings. The van der Waals surface area contributed by atoms with Gasteiger partial charge in [0.05, 0.1) is 0 Å². The summed E-state index contributed by atoms with van der Waals surface area (Å²) in [5.41, 5.74) is 5.79. The summed E-state index contributed by atoms with van der Waals surface area (Å²) < 4.78 is 0. The first-order chi connectivity index (χ1) is 5.11. The predicted molar refractivity (Wildman–Crippen MR) is 40.3 cm³/mol. The molecular formula is C6H6ClN3O. The number of carbonyl (C=O) groups excluding carboxylic acids is 1. The lowest BCUT2D eigenvalue weighted by molar-refractivity contribution is 0.0995. The zero-order valence-corrected chi connectivity index (χ0v) is 6.59. The van der Waals surface area contributed by atoms with Gasteiger partial charge < -0.3 is 5.73 Å². The Kier molecular flexibility index (Phi) is 2.05. The molecule has 1 rings (SSSR count). The molecule has 0 fully saturated rings. The van der Waals surface area contributed by atoms with E-state index in [1.54, 1.807) is 6.92 Å². The number of rotatable bonds is 1. The van der Waals surface area contributed by atoms with Crippen LogP contribution in [0, 0.1) is 6.92 Å². The molecule has 4 nitrogen and oxygen atoms in total. The highest BCUT2D eigenvalue weighted by molar-refractivity contribution is 6.28. The molecule has 1 heterocycles. The second kappa shape index (κ2) is 2.84. The van der Waals surface area contributed by atoms with E-state index in [9.17, 15) is 4.79 Å². The average molecular weight is 172 g/mol. The maximum Gasteiger partial charge on any atom is 0.267 e. The number of hydrogen-bond acceptors (Lipinski definition) is 3. The van der Waals surface area contributed by atoms with E-state index in [0.29, 0.717) is 5.56 Å². The number of nitrogens with zero attached hydrogens (tertiary/aromatic N) is 2. The summed E-state index contributed by atoms with van der Waals surface area (Å²) in [7, 11) is 0. The van der Waals surface area contributed by atoms with Crippen LogP contribution in [0.25, 0.3) is 0 Å². The molecule has 1 amide bonds. The minimum atomic E-state index is -0.591. The van der Waals surface area contributed by atoms with E-state index in [-0.39, 0.29) is 11.0 Å². The van der Waals surface area contributed by atoms with Crippen LogP contribution in [0.15, 0.2) is 6.20 Å². The third kappa shape index (κ3) is 1.65. The minimum absolute atomic E-state index is 0.0319. The van der Waals surface area contributed by atoms with Crippen molar-refractivity contribution < 1.29 is 4.79 Å². The molecule has 0 atom stereocenters. The summed E-state index contributed by atoms with van der Waals surface area (Å²) in [6, 6.07) is 0. The molecule has 0 radical (unpaired) electrons. The molecule has 5 heteroatoms. The second-order valence-corrected chi connectivity index (χ2v) is 2.37. The molecule has 0 aliphatic carbocycles. The van der Waals surface area contributed by atoms with Crippen LogP contribution in [0.2, 0.25) is 5.28 Å². The van der Waals surface area contributed by atoms with Gasteiger partial charge in [0.1, 0.15) is 5.69 Å². The Hall–Kier alpha value is -1.16. The van der Waals surface area contributed by atoms with Crippen LogP contribution in [0.4, 0.5) is 0 Å². The minimum Gasteiger partial charge on any atom is -0.364 e. The Morgan fingerprint density at radius 3 is 2.82 bits per heavy atom. The molecule has 0 aliphatic heterocycles. The van der Waals surface area contributed by atoms with Crippen molar-refractivity contribution in [2.45, 2.75) is 6.92 Å². The topological polar surface area (TPSA) is 68.9 Å². The number of primary amides is 1. The highest BCUT2D eigenvalue weighted by Gasteiger charge is 2.06. The number of halogens is 1. The average Bonchev–Trinajstić information content (AvgIpc) is 1.94. The standard InChI is InChI=1S/C6H6ClN3O/c1-3-2-9-6(7)10-4(3)5(8)11/h2H,1H3,(H2,8,11). The smallest absolute Gasteiger partial charge is 0.267 e. The summed E-state index contributed by atoms with van der Waals surface area (Å²) in [5, 5.41) is 0.0319. The highest BCUT2D eigenvalue weighted by atomic mass is 35.5. The Morgan fingerprint density at radius 2 is 2.36 bits per heavy atom. The van der Waals surface area contributed by atoms with E-state index >= 15 is 0 Å². The van der Waals surface area contributed by atoms with Crippen molar-refractivity contribution in [3.8, 4) is 0 Å². The number of nitrogens with two attached hydrogens (primary N) is 1. The number of amides is 1. The van der Waals surface area contributed by atoms with Gasteiger partial charge in [0.25, 0.3) is 5.91 Å². The maximum atomic E-state index is 10.6. The summed E-state index contributed by atoms with van der Waals surface area (Å²) in [6.45, 7) is 1.69. The molecule has 0 aromatic carbocycles. The van der Waals surface area contributed by atoms with Gasteiger partial charge in [-0.1, -0.05) is 0 Å². The van der Waals surface area contributed by atoms with Crippen LogP contribution in [0.5, 0.6) is 0 Å². The SMILES string of the molecule is Cc1cnc(Cl)nc1C(N)=O. The van der Waals surface area contributed by atoms with Gasteiger partial charge in [0.2, 0.25) is 5.28 Å². The lowest BCUT2D eigenvalue weighted by atomic mass is 10.2. The van der Waals surface area contributed by atoms with Gasteiger partial charge in [0, 0.05) is 6.20 Å². The fourth-order valence-electron chi connectivity index (χ4n) is 0.670. The van der Waals surface area contributed by atoms with Gasteiger partial charge in [-0.3, -0.25) is 4.79 Å². The molecule has 0 bridgehead atoms. The molecule has 1 aromatic heterocycles. The van der Waals surface area contributed by atoms with Crippen LogP contribution >= 0.6 is 11.6 Å². The second-order valence-electron chi connectivity index (χ2n) is 2.03. The van der Waals surface area contributed by atoms with Crippen molar-refractivity contribution in [2.75, 3.05) is 0 Å². The first-order valence-corrected chi connectivity index (χ1v) is 3.28. The van der Waals surface area contributed by atoms with Crippen molar-refractivity contribution in [1.29, 1.82) is 0 Å². The zero-order chi connectivity index (χ0) is 8.43. The van der Waals surface area contributed by atoms with Crippen molar-refractivity contribution in [2.24, 2.45) is 5.73 Å². The molecule has 58 valence electrons. The molecule has 0 saturated heterocycles. The van der Waals surface area contributed by atoms with Gasteiger partial charge in [-0.15, -0.1) is 0 Å². The molecule has 0 spiro atoms. The van der Waals surface area contributed by atoms with Gasteiger partial charge in [0.15, 0.2) is 0 Å². The van der Waals surface area contributed by atoms with Crippen molar-refractivity contribution in [3.63, 3.8) is 0 Å². The van der Waals surface area contributed by atoms with E-state index in [1.165, 1.54) is 6.20 Å². The molecule has 2 N–H and O–H groups in total. The van der Waals surface area contributed by atoms with Crippen LogP contribution in [-0.2, 0) is 0 Å². The van der Waals surface area contributed by atoms with Crippen LogP contribution in [0.1, 0.15) is 16.1 Å². The van der Waals surface area contributed by atoms with E-state index in [0.717, 1.165) is 0 Å². The number of aryl methyl sites for hydroxylation is 1. The first-order valence-electron chi connectivity index (χ1n) is 2.90. The highest BCUT2D eigenvalue weighted by Crippen LogP contribution is 2.05. The summed E-state index contributed by atoms with van der Waals surface area (Å²) in [5.74, 6) is -0.591. The number of hydrogen-bond donors (Lipinski definition) is 1. The van der Waals surface area contributed by atoms with Gasteiger partial charge in [-0.05, 0) is 24.1 Å². The van der Waals surface area contributed by atoms with Gasteiger partial charge >= 0.3 is 0 Å². The van der Waals surface area contributed by atoms with E-state index in [2.05, 4.69) is 9.97 Å². The Labute approximate surface area is 68.4 Å². The third-order valence-corrected chi connectivity index (χ3v) is 1.36. The summed E-state index contributed by atoms with van der Waals surface area (Å²) in [6.07, 6.45) is 1.45. The van der Waals surface area contributed by atoms with Crippen molar-refractivity contribution in [3.05, 3.63) is 22.7 Å². The van der Waals surface area contributed by atoms with E-state index in [1.807, 2.05) is 0 Å². The maximum absolute atomic E-state index is 10.6. The lowest BCUT2D eigenvalue weighted by Crippen LogP contribution is -2.15. The quantitative estimate of drug-likeness (QED) is 0.627. The largest absolute Gasteiger partial charge is 0.364 e. The Morgan fingerprint density at radius 1 is 1.73 bits per heavy atom. The van der Waals surface area contributed by atoms with Crippen molar-refractivity contribution in [1.82, 2.24) is 9.97 Å². The Bertz CT molecular complexity index is 300. The molecular weight excluding hydrogens is 166 g/mol. The monoisotopic (exact) mass is 171 g/mol. The third-order valence-electron chi connectivity index (χ3n) is 1.18. The molecule has 0 unspecified atom stereocenters. The fourth-order valence-corrected chi connectivity index (χ4v) is 0.803. The normalized spacial score (nSPS) is 9.64. The zero-order valence-electron chi connectivity index (χ0n) is 5.84. The van der Waals surface area contributed by atoms with Gasteiger partial charge in [-0.2, -0.15) is 0 Å². The van der Waals surface area contributed by atoms with E-state index < -0.39 is 5.91 Å². The molecule has 11 heavy (non-hydrogen) atoms. The molecule has 1 aromatic rings. The van der Waals surface area contributed by atoms with E-state index in [4.69, 9.17) is 17.3 Å². The fraction of sp³-hybridized carbons (Fsp3) is 0.167. The van der Waals surface area contributed by atoms with Crippen LogP contribution in [-0.4, -0.2) is 15.9 Å². The summed E-state index contributed by atoms with van der Waals surface area (Å²) in [4.78, 5) is 18.0. The Balaban J connectivity index is 3.23. The lowest BCUT2D eigenvalue weighted by Gasteiger charge is -1.97. The summed E-state index contributed by atoms with van der Waals surface area (Å²) >= 11 is 5.43. The predicted octanol–water partition coefficient (Wildman–Crippen LogP) is 0.537. The van der Waals surface area contributed by atoms with Gasteiger partial charge in [-0.25, -0.2) is 9.97 Å². The van der Waals surface area contributed by atoms with Crippen molar-refractivity contribution >= 4 is 17.5 Å².